The van der Waals surface area contributed by atoms with Gasteiger partial charge >= 0.3 is 5.97 Å². The van der Waals surface area contributed by atoms with Crippen LogP contribution in [0.15, 0.2) is 48.3 Å². The van der Waals surface area contributed by atoms with Crippen LogP contribution in [-0.2, 0) is 4.74 Å². The summed E-state index contributed by atoms with van der Waals surface area (Å²) in [5.41, 5.74) is 1.94. The van der Waals surface area contributed by atoms with Crippen molar-refractivity contribution in [2.75, 3.05) is 6.61 Å². The smallest absolute Gasteiger partial charge is 0.378 e. The molecule has 0 amide bonds. The molecular formula is C14H15N3O2. The van der Waals surface area contributed by atoms with Gasteiger partial charge in [0.1, 0.15) is 12.9 Å². The summed E-state index contributed by atoms with van der Waals surface area (Å²) in [4.78, 5) is 15.6. The quantitative estimate of drug-likeness (QED) is 0.623. The van der Waals surface area contributed by atoms with E-state index in [4.69, 9.17) is 4.74 Å². The van der Waals surface area contributed by atoms with Gasteiger partial charge in [-0.3, -0.25) is 0 Å². The van der Waals surface area contributed by atoms with Gasteiger partial charge in [0.15, 0.2) is 0 Å². The molecule has 0 atom stereocenters. The molecule has 0 aliphatic rings. The van der Waals surface area contributed by atoms with Crippen molar-refractivity contribution in [1.29, 1.82) is 0 Å². The Morgan fingerprint density at radius 3 is 2.74 bits per heavy atom. The normalized spacial score (nSPS) is 10.0. The largest absolute Gasteiger partial charge is 0.456 e. The average molecular weight is 257 g/mol. The van der Waals surface area contributed by atoms with E-state index in [1.54, 1.807) is 0 Å². The molecule has 0 aliphatic carbocycles. The van der Waals surface area contributed by atoms with Crippen LogP contribution in [0.25, 0.3) is 5.69 Å². The van der Waals surface area contributed by atoms with E-state index in [1.165, 1.54) is 11.0 Å². The molecule has 0 radical (unpaired) electrons. The number of esters is 1. The third-order valence-corrected chi connectivity index (χ3v) is 2.40. The number of aromatic nitrogens is 3. The first kappa shape index (κ1) is 13.0. The van der Waals surface area contributed by atoms with Crippen LogP contribution < -0.4 is 0 Å². The molecule has 1 aromatic carbocycles. The molecule has 2 aromatic rings. The second-order valence-electron chi connectivity index (χ2n) is 4.23. The summed E-state index contributed by atoms with van der Waals surface area (Å²) in [7, 11) is 0. The van der Waals surface area contributed by atoms with Crippen molar-refractivity contribution in [3.8, 4) is 5.69 Å². The molecule has 0 fully saturated rings. The fourth-order valence-corrected chi connectivity index (χ4v) is 1.41. The Labute approximate surface area is 111 Å². The van der Waals surface area contributed by atoms with Crippen LogP contribution in [0.4, 0.5) is 0 Å². The summed E-state index contributed by atoms with van der Waals surface area (Å²) < 4.78 is 6.57. The molecule has 5 heteroatoms. The van der Waals surface area contributed by atoms with Crippen LogP contribution in [0.2, 0.25) is 0 Å². The zero-order valence-corrected chi connectivity index (χ0v) is 10.9. The van der Waals surface area contributed by atoms with Gasteiger partial charge in [0.05, 0.1) is 5.69 Å². The number of hydrogen-bond acceptors (Lipinski definition) is 4. The van der Waals surface area contributed by atoms with Crippen LogP contribution >= 0.6 is 0 Å². The Bertz CT molecular complexity index is 584. The zero-order valence-electron chi connectivity index (χ0n) is 10.9. The number of carbonyl (C=O) groups is 1. The molecule has 0 bridgehead atoms. The Morgan fingerprint density at radius 1 is 1.32 bits per heavy atom. The van der Waals surface area contributed by atoms with Crippen molar-refractivity contribution in [2.24, 2.45) is 0 Å². The molecule has 5 nitrogen and oxygen atoms in total. The van der Waals surface area contributed by atoms with Crippen LogP contribution in [0.5, 0.6) is 0 Å². The number of benzene rings is 1. The summed E-state index contributed by atoms with van der Waals surface area (Å²) in [6.07, 6.45) is 3.32. The van der Waals surface area contributed by atoms with Crippen molar-refractivity contribution in [3.05, 3.63) is 54.1 Å². The Balaban J connectivity index is 2.05. The first-order chi connectivity index (χ1) is 9.16. The van der Waals surface area contributed by atoms with E-state index in [0.29, 0.717) is 0 Å². The number of allylic oxidation sites excluding steroid dienone is 1. The number of carbonyl (C=O) groups excluding carboxylic acids is 1. The maximum atomic E-state index is 11.7. The van der Waals surface area contributed by atoms with Gasteiger partial charge in [0.25, 0.3) is 5.82 Å². The van der Waals surface area contributed by atoms with Gasteiger partial charge in [-0.2, -0.15) is 0 Å². The van der Waals surface area contributed by atoms with Crippen LogP contribution in [-0.4, -0.2) is 27.3 Å². The fraction of sp³-hybridized carbons (Fsp3) is 0.214. The van der Waals surface area contributed by atoms with Crippen molar-refractivity contribution < 1.29 is 9.53 Å². The standard InChI is InChI=1S/C14H15N3O2/c1-11(2)8-9-19-14(18)13-15-10-17(16-13)12-6-4-3-5-7-12/h3-8,10H,9H2,1-2H3. The van der Waals surface area contributed by atoms with Crippen molar-refractivity contribution in [2.45, 2.75) is 13.8 Å². The Kier molecular flexibility index (Phi) is 4.07. The van der Waals surface area contributed by atoms with E-state index in [-0.39, 0.29) is 12.4 Å². The van der Waals surface area contributed by atoms with Gasteiger partial charge in [-0.15, -0.1) is 5.10 Å². The lowest BCUT2D eigenvalue weighted by Crippen LogP contribution is -2.08. The lowest BCUT2D eigenvalue weighted by Gasteiger charge is -1.99. The lowest BCUT2D eigenvalue weighted by atomic mass is 10.3. The topological polar surface area (TPSA) is 57.0 Å². The maximum absolute atomic E-state index is 11.7. The number of hydrogen-bond donors (Lipinski definition) is 0. The highest BCUT2D eigenvalue weighted by atomic mass is 16.5. The minimum atomic E-state index is -0.521. The monoisotopic (exact) mass is 257 g/mol. The third kappa shape index (κ3) is 3.51. The first-order valence-electron chi connectivity index (χ1n) is 5.94. The molecule has 0 spiro atoms. The summed E-state index contributed by atoms with van der Waals surface area (Å²) in [6.45, 7) is 4.12. The number of nitrogens with zero attached hydrogens (tertiary/aromatic N) is 3. The highest BCUT2D eigenvalue weighted by molar-refractivity contribution is 5.85. The maximum Gasteiger partial charge on any atom is 0.378 e. The second kappa shape index (κ2) is 5.95. The molecule has 0 saturated carbocycles. The van der Waals surface area contributed by atoms with Crippen LogP contribution in [0, 0.1) is 0 Å². The molecular weight excluding hydrogens is 242 g/mol. The summed E-state index contributed by atoms with van der Waals surface area (Å²) in [5, 5.41) is 4.09. The summed E-state index contributed by atoms with van der Waals surface area (Å²) in [6, 6.07) is 9.46. The van der Waals surface area contributed by atoms with E-state index in [2.05, 4.69) is 10.1 Å². The number of rotatable bonds is 4. The SMILES string of the molecule is CC(C)=CCOC(=O)c1ncn(-c2ccccc2)n1. The Hall–Kier alpha value is -2.43. The van der Waals surface area contributed by atoms with E-state index in [0.717, 1.165) is 11.3 Å². The highest BCUT2D eigenvalue weighted by Gasteiger charge is 2.12. The van der Waals surface area contributed by atoms with Gasteiger partial charge in [0.2, 0.25) is 0 Å². The van der Waals surface area contributed by atoms with Crippen molar-refractivity contribution in [1.82, 2.24) is 14.8 Å². The molecule has 1 aromatic heterocycles. The minimum absolute atomic E-state index is 0.0611. The Morgan fingerprint density at radius 2 is 2.05 bits per heavy atom. The molecule has 0 N–H and O–H groups in total. The van der Waals surface area contributed by atoms with Gasteiger partial charge in [-0.1, -0.05) is 23.8 Å². The average Bonchev–Trinajstić information content (AvgIpc) is 2.89. The van der Waals surface area contributed by atoms with E-state index in [1.807, 2.05) is 50.3 Å². The van der Waals surface area contributed by atoms with E-state index in [9.17, 15) is 4.79 Å². The minimum Gasteiger partial charge on any atom is -0.456 e. The van der Waals surface area contributed by atoms with Crippen LogP contribution in [0.3, 0.4) is 0 Å². The molecule has 0 aliphatic heterocycles. The third-order valence-electron chi connectivity index (χ3n) is 2.40. The van der Waals surface area contributed by atoms with Gasteiger partial charge in [-0.05, 0) is 32.1 Å². The van der Waals surface area contributed by atoms with Gasteiger partial charge < -0.3 is 4.74 Å². The van der Waals surface area contributed by atoms with E-state index >= 15 is 0 Å². The predicted octanol–water partition coefficient (Wildman–Crippen LogP) is 2.39. The number of para-hydroxylation sites is 1. The predicted molar refractivity (Wildman–Crippen MR) is 71.1 cm³/mol. The molecule has 2 rings (SSSR count). The van der Waals surface area contributed by atoms with Gasteiger partial charge in [0, 0.05) is 0 Å². The van der Waals surface area contributed by atoms with Gasteiger partial charge in [-0.25, -0.2) is 14.5 Å². The highest BCUT2D eigenvalue weighted by Crippen LogP contribution is 2.05. The molecule has 1 heterocycles. The molecule has 19 heavy (non-hydrogen) atoms. The lowest BCUT2D eigenvalue weighted by molar-refractivity contribution is 0.0535. The molecule has 0 saturated heterocycles. The second-order valence-corrected chi connectivity index (χ2v) is 4.23. The number of ether oxygens (including phenoxy) is 1. The molecule has 0 unspecified atom stereocenters. The van der Waals surface area contributed by atoms with Crippen molar-refractivity contribution >= 4 is 5.97 Å². The summed E-state index contributed by atoms with van der Waals surface area (Å²) >= 11 is 0. The van der Waals surface area contributed by atoms with Crippen LogP contribution in [0.1, 0.15) is 24.5 Å². The summed E-state index contributed by atoms with van der Waals surface area (Å²) in [5.74, 6) is -0.460. The fourth-order valence-electron chi connectivity index (χ4n) is 1.41. The van der Waals surface area contributed by atoms with Crippen molar-refractivity contribution in [3.63, 3.8) is 0 Å². The first-order valence-corrected chi connectivity index (χ1v) is 5.94. The van der Waals surface area contributed by atoms with E-state index < -0.39 is 5.97 Å². The molecule has 98 valence electrons. The zero-order chi connectivity index (χ0) is 13.7.